The summed E-state index contributed by atoms with van der Waals surface area (Å²) in [5.74, 6) is 0.196. The molecule has 19 heavy (non-hydrogen) atoms. The highest BCUT2D eigenvalue weighted by Crippen LogP contribution is 2.16. The minimum absolute atomic E-state index is 0.0603. The second-order valence-corrected chi connectivity index (χ2v) is 4.96. The molecule has 0 bridgehead atoms. The van der Waals surface area contributed by atoms with Crippen LogP contribution in [0.3, 0.4) is 0 Å². The van der Waals surface area contributed by atoms with Gasteiger partial charge in [-0.1, -0.05) is 23.9 Å². The van der Waals surface area contributed by atoms with Crippen molar-refractivity contribution in [2.45, 2.75) is 12.1 Å². The quantitative estimate of drug-likeness (QED) is 0.673. The van der Waals surface area contributed by atoms with E-state index in [1.807, 2.05) is 19.1 Å². The molecule has 1 heterocycles. The van der Waals surface area contributed by atoms with Crippen LogP contribution in [0.25, 0.3) is 10.9 Å². The molecule has 2 aromatic rings. The summed E-state index contributed by atoms with van der Waals surface area (Å²) in [6.07, 6.45) is 0. The summed E-state index contributed by atoms with van der Waals surface area (Å²) in [5.41, 5.74) is 0.563. The number of fused-ring (bicyclic) bond motifs is 1. The van der Waals surface area contributed by atoms with Crippen LogP contribution in [0.15, 0.2) is 34.2 Å². The van der Waals surface area contributed by atoms with Crippen molar-refractivity contribution in [2.24, 2.45) is 7.05 Å². The Kier molecular flexibility index (Phi) is 4.21. The third-order valence-corrected chi connectivity index (χ3v) is 3.68. The van der Waals surface area contributed by atoms with Gasteiger partial charge >= 0.3 is 0 Å². The van der Waals surface area contributed by atoms with Crippen molar-refractivity contribution in [2.75, 3.05) is 12.3 Å². The molecule has 5 nitrogen and oxygen atoms in total. The van der Waals surface area contributed by atoms with Crippen LogP contribution in [-0.2, 0) is 11.8 Å². The van der Waals surface area contributed by atoms with E-state index in [1.165, 1.54) is 16.3 Å². The number of carbonyl (C=O) groups excluding carboxylic acids is 1. The Morgan fingerprint density at radius 3 is 2.89 bits per heavy atom. The maximum Gasteiger partial charge on any atom is 0.261 e. The summed E-state index contributed by atoms with van der Waals surface area (Å²) in [6.45, 7) is 2.47. The van der Waals surface area contributed by atoms with Crippen molar-refractivity contribution in [1.82, 2.24) is 14.9 Å². The number of carbonyl (C=O) groups is 1. The fourth-order valence-corrected chi connectivity index (χ4v) is 2.51. The molecule has 1 N–H and O–H groups in total. The van der Waals surface area contributed by atoms with E-state index in [1.54, 1.807) is 19.2 Å². The van der Waals surface area contributed by atoms with Gasteiger partial charge in [-0.3, -0.25) is 14.2 Å². The summed E-state index contributed by atoms with van der Waals surface area (Å²) in [5, 5.41) is 3.85. The van der Waals surface area contributed by atoms with E-state index in [-0.39, 0.29) is 17.2 Å². The molecule has 100 valence electrons. The summed E-state index contributed by atoms with van der Waals surface area (Å²) in [6, 6.07) is 7.20. The van der Waals surface area contributed by atoms with Gasteiger partial charge < -0.3 is 5.32 Å². The van der Waals surface area contributed by atoms with Crippen molar-refractivity contribution in [3.05, 3.63) is 34.6 Å². The monoisotopic (exact) mass is 277 g/mol. The first-order valence-corrected chi connectivity index (χ1v) is 6.97. The minimum atomic E-state index is -0.0935. The van der Waals surface area contributed by atoms with Crippen LogP contribution in [0, 0.1) is 0 Å². The number of rotatable bonds is 4. The van der Waals surface area contributed by atoms with E-state index in [2.05, 4.69) is 10.3 Å². The topological polar surface area (TPSA) is 64.0 Å². The summed E-state index contributed by atoms with van der Waals surface area (Å²) in [7, 11) is 1.67. The van der Waals surface area contributed by atoms with Gasteiger partial charge in [0.2, 0.25) is 5.91 Å². The van der Waals surface area contributed by atoms with Crippen LogP contribution >= 0.6 is 11.8 Å². The first-order chi connectivity index (χ1) is 9.13. The molecule has 0 atom stereocenters. The maximum atomic E-state index is 12.1. The Morgan fingerprint density at radius 2 is 2.16 bits per heavy atom. The fraction of sp³-hybridized carbons (Fsp3) is 0.308. The third-order valence-electron chi connectivity index (χ3n) is 2.65. The lowest BCUT2D eigenvalue weighted by molar-refractivity contribution is -0.118. The van der Waals surface area contributed by atoms with E-state index >= 15 is 0 Å². The number of para-hydroxylation sites is 1. The average Bonchev–Trinajstić information content (AvgIpc) is 2.42. The number of hydrogen-bond donors (Lipinski definition) is 1. The lowest BCUT2D eigenvalue weighted by Gasteiger charge is -2.08. The van der Waals surface area contributed by atoms with Crippen molar-refractivity contribution in [1.29, 1.82) is 0 Å². The second-order valence-electron chi connectivity index (χ2n) is 4.02. The van der Waals surface area contributed by atoms with Crippen LogP contribution in [0.5, 0.6) is 0 Å². The molecule has 1 aromatic carbocycles. The number of aromatic nitrogens is 2. The Balaban J connectivity index is 2.31. The molecule has 2 rings (SSSR count). The second kappa shape index (κ2) is 5.88. The first kappa shape index (κ1) is 13.6. The predicted molar refractivity (Wildman–Crippen MR) is 76.4 cm³/mol. The van der Waals surface area contributed by atoms with Crippen LogP contribution in [-0.4, -0.2) is 27.8 Å². The van der Waals surface area contributed by atoms with Gasteiger partial charge in [-0.15, -0.1) is 0 Å². The highest BCUT2D eigenvalue weighted by molar-refractivity contribution is 7.99. The summed E-state index contributed by atoms with van der Waals surface area (Å²) in [4.78, 5) is 28.0. The average molecular weight is 277 g/mol. The van der Waals surface area contributed by atoms with Crippen molar-refractivity contribution < 1.29 is 4.79 Å². The molecular formula is C13H15N3O2S. The van der Waals surface area contributed by atoms with Crippen molar-refractivity contribution in [3.8, 4) is 0 Å². The lowest BCUT2D eigenvalue weighted by Crippen LogP contribution is -2.25. The molecule has 1 aromatic heterocycles. The fourth-order valence-electron chi connectivity index (χ4n) is 1.70. The zero-order valence-electron chi connectivity index (χ0n) is 10.8. The number of nitrogens with one attached hydrogen (secondary N) is 1. The molecule has 0 unspecified atom stereocenters. The highest BCUT2D eigenvalue weighted by atomic mass is 32.2. The van der Waals surface area contributed by atoms with Crippen LogP contribution in [0.4, 0.5) is 0 Å². The Morgan fingerprint density at radius 1 is 1.42 bits per heavy atom. The molecular weight excluding hydrogens is 262 g/mol. The van der Waals surface area contributed by atoms with Gasteiger partial charge in [0, 0.05) is 13.6 Å². The van der Waals surface area contributed by atoms with E-state index in [4.69, 9.17) is 0 Å². The zero-order chi connectivity index (χ0) is 13.8. The van der Waals surface area contributed by atoms with Crippen molar-refractivity contribution in [3.63, 3.8) is 0 Å². The van der Waals surface area contributed by atoms with E-state index in [0.29, 0.717) is 22.6 Å². The molecule has 0 radical (unpaired) electrons. The maximum absolute atomic E-state index is 12.1. The van der Waals surface area contributed by atoms with Gasteiger partial charge in [0.25, 0.3) is 5.56 Å². The van der Waals surface area contributed by atoms with Gasteiger partial charge in [0.1, 0.15) is 0 Å². The Hall–Kier alpha value is -1.82. The van der Waals surface area contributed by atoms with Crippen LogP contribution < -0.4 is 10.9 Å². The van der Waals surface area contributed by atoms with E-state index in [9.17, 15) is 9.59 Å². The van der Waals surface area contributed by atoms with E-state index in [0.717, 1.165) is 0 Å². The molecule has 0 aliphatic rings. The third kappa shape index (κ3) is 2.96. The molecule has 0 aliphatic carbocycles. The SMILES string of the molecule is CCNC(=O)CSc1nc2ccccc2c(=O)n1C. The van der Waals surface area contributed by atoms with Gasteiger partial charge in [-0.05, 0) is 19.1 Å². The molecule has 0 saturated heterocycles. The molecule has 0 saturated carbocycles. The Bertz CT molecular complexity index is 666. The Labute approximate surface area is 115 Å². The standard InChI is InChI=1S/C13H15N3O2S/c1-3-14-11(17)8-19-13-15-10-7-5-4-6-9(10)12(18)16(13)2/h4-7H,3,8H2,1-2H3,(H,14,17). The largest absolute Gasteiger partial charge is 0.356 e. The van der Waals surface area contributed by atoms with Gasteiger partial charge in [-0.25, -0.2) is 4.98 Å². The number of amides is 1. The number of benzene rings is 1. The zero-order valence-corrected chi connectivity index (χ0v) is 11.7. The number of thioether (sulfide) groups is 1. The lowest BCUT2D eigenvalue weighted by atomic mass is 10.2. The number of hydrogen-bond acceptors (Lipinski definition) is 4. The summed E-state index contributed by atoms with van der Waals surface area (Å²) >= 11 is 1.26. The molecule has 0 fully saturated rings. The van der Waals surface area contributed by atoms with Gasteiger partial charge in [0.05, 0.1) is 16.7 Å². The highest BCUT2D eigenvalue weighted by Gasteiger charge is 2.09. The van der Waals surface area contributed by atoms with Gasteiger partial charge in [0.15, 0.2) is 5.16 Å². The molecule has 6 heteroatoms. The van der Waals surface area contributed by atoms with Gasteiger partial charge in [-0.2, -0.15) is 0 Å². The smallest absolute Gasteiger partial charge is 0.261 e. The molecule has 1 amide bonds. The van der Waals surface area contributed by atoms with E-state index < -0.39 is 0 Å². The molecule has 0 spiro atoms. The van der Waals surface area contributed by atoms with Crippen LogP contribution in [0.1, 0.15) is 6.92 Å². The summed E-state index contributed by atoms with van der Waals surface area (Å²) < 4.78 is 1.48. The minimum Gasteiger partial charge on any atom is -0.356 e. The normalized spacial score (nSPS) is 10.6. The van der Waals surface area contributed by atoms with Crippen molar-refractivity contribution >= 4 is 28.6 Å². The van der Waals surface area contributed by atoms with Crippen LogP contribution in [0.2, 0.25) is 0 Å². The molecule has 0 aliphatic heterocycles. The predicted octanol–water partition coefficient (Wildman–Crippen LogP) is 1.16. The first-order valence-electron chi connectivity index (χ1n) is 5.98. The number of nitrogens with zero attached hydrogens (tertiary/aromatic N) is 2.